The zero-order valence-corrected chi connectivity index (χ0v) is 33.2. The molecule has 0 amide bonds. The maximum atomic E-state index is 11.5. The van der Waals surface area contributed by atoms with E-state index in [2.05, 4.69) is 73.4 Å². The highest BCUT2D eigenvalue weighted by atomic mass is 32.3. The Kier molecular flexibility index (Phi) is 9.76. The minimum atomic E-state index is -2.33. The molecule has 9 atom stereocenters. The van der Waals surface area contributed by atoms with Crippen LogP contribution in [-0.2, 0) is 0 Å². The summed E-state index contributed by atoms with van der Waals surface area (Å²) in [6.45, 7) is 25.5. The van der Waals surface area contributed by atoms with Crippen molar-refractivity contribution >= 4 is 22.4 Å². The Morgan fingerprint density at radius 1 is 0.922 bits per heavy atom. The monoisotopic (exact) mass is 725 g/mol. The standard InChI is InChI=1S/C41H67N5O4S/c1-28(2)29-13-16-41(27-42-20-8-21-45-23-25-51(49,50)26-24-45)18-17-39(6)30(35(29)41)9-11-33-38(5)19-22-46(34-12-10-31(36(47)48)43-44-34)37(3,4)32(38)14-15-40(33,39)7/h10,12,29-30,32-33,35,42,49-50H,1,8-9,11,13-27H2,2-7H3,(H,47,48)/t29-,30+,32-,33+,35+,38-,39+,40+,41+/m0/s1. The zero-order valence-electron chi connectivity index (χ0n) is 32.4. The smallest absolute Gasteiger partial charge is 0.356 e. The van der Waals surface area contributed by atoms with Crippen molar-refractivity contribution in [2.75, 3.05) is 55.7 Å². The van der Waals surface area contributed by atoms with Crippen LogP contribution in [0.5, 0.6) is 0 Å². The molecular weight excluding hydrogens is 659 g/mol. The van der Waals surface area contributed by atoms with E-state index >= 15 is 0 Å². The number of rotatable bonds is 9. The Morgan fingerprint density at radius 3 is 2.33 bits per heavy atom. The van der Waals surface area contributed by atoms with Crippen LogP contribution in [0.25, 0.3) is 0 Å². The number of aromatic nitrogens is 2. The Morgan fingerprint density at radius 2 is 1.67 bits per heavy atom. The fraction of sp³-hybridized carbons (Fsp3) is 0.829. The molecule has 0 unspecified atom stereocenters. The number of fused-ring (bicyclic) bond motifs is 7. The molecule has 1 aromatic heterocycles. The Labute approximate surface area is 309 Å². The van der Waals surface area contributed by atoms with E-state index in [0.29, 0.717) is 51.4 Å². The first-order valence-electron chi connectivity index (χ1n) is 20.1. The van der Waals surface area contributed by atoms with Gasteiger partial charge in [0.25, 0.3) is 0 Å². The number of carboxylic acids is 1. The van der Waals surface area contributed by atoms with E-state index in [4.69, 9.17) is 0 Å². The summed E-state index contributed by atoms with van der Waals surface area (Å²) in [5.74, 6) is 4.07. The average molecular weight is 726 g/mol. The summed E-state index contributed by atoms with van der Waals surface area (Å²) in [5, 5.41) is 21.9. The average Bonchev–Trinajstić information content (AvgIpc) is 3.45. The predicted octanol–water partition coefficient (Wildman–Crippen LogP) is 8.05. The van der Waals surface area contributed by atoms with E-state index in [1.807, 2.05) is 6.07 Å². The van der Waals surface area contributed by atoms with Crippen LogP contribution in [0.4, 0.5) is 5.82 Å². The van der Waals surface area contributed by atoms with Gasteiger partial charge in [0.1, 0.15) is 0 Å². The van der Waals surface area contributed by atoms with E-state index in [1.165, 1.54) is 56.9 Å². The number of aromatic carboxylic acids is 1. The number of anilines is 1. The summed E-state index contributed by atoms with van der Waals surface area (Å²) < 4.78 is 20.0. The maximum Gasteiger partial charge on any atom is 0.356 e. The molecule has 6 fully saturated rings. The highest BCUT2D eigenvalue weighted by Gasteiger charge is 2.70. The molecule has 10 heteroatoms. The van der Waals surface area contributed by atoms with Crippen molar-refractivity contribution in [3.63, 3.8) is 0 Å². The van der Waals surface area contributed by atoms with Crippen LogP contribution in [0, 0.1) is 51.2 Å². The molecule has 0 spiro atoms. The lowest BCUT2D eigenvalue weighted by molar-refractivity contribution is -0.227. The van der Waals surface area contributed by atoms with Crippen molar-refractivity contribution in [1.29, 1.82) is 0 Å². The van der Waals surface area contributed by atoms with Gasteiger partial charge in [0.05, 0.1) is 11.5 Å². The topological polar surface area (TPSA) is 122 Å². The Bertz CT molecular complexity index is 1480. The number of piperidine rings is 1. The third-order valence-corrected chi connectivity index (χ3v) is 18.5. The molecule has 51 heavy (non-hydrogen) atoms. The summed E-state index contributed by atoms with van der Waals surface area (Å²) in [6.07, 6.45) is 12.6. The van der Waals surface area contributed by atoms with Crippen molar-refractivity contribution in [2.24, 2.45) is 51.2 Å². The second kappa shape index (κ2) is 13.2. The fourth-order valence-electron chi connectivity index (χ4n) is 14.0. The van der Waals surface area contributed by atoms with Crippen LogP contribution in [0.1, 0.15) is 116 Å². The molecular formula is C41H67N5O4S. The zero-order chi connectivity index (χ0) is 36.6. The molecule has 0 aromatic carbocycles. The summed E-state index contributed by atoms with van der Waals surface area (Å²) in [7, 11) is -2.33. The van der Waals surface area contributed by atoms with Gasteiger partial charge in [0, 0.05) is 31.7 Å². The van der Waals surface area contributed by atoms with Gasteiger partial charge < -0.3 is 20.2 Å². The van der Waals surface area contributed by atoms with Gasteiger partial charge in [0.2, 0.25) is 0 Å². The lowest BCUT2D eigenvalue weighted by Crippen LogP contribution is -2.70. The van der Waals surface area contributed by atoms with E-state index in [9.17, 15) is 19.0 Å². The molecule has 6 aliphatic rings. The van der Waals surface area contributed by atoms with Gasteiger partial charge in [-0.1, -0.05) is 32.9 Å². The maximum absolute atomic E-state index is 11.5. The molecule has 4 aliphatic carbocycles. The van der Waals surface area contributed by atoms with Crippen molar-refractivity contribution in [3.8, 4) is 0 Å². The molecule has 7 rings (SSSR count). The van der Waals surface area contributed by atoms with Gasteiger partial charge in [-0.05, 0) is 161 Å². The molecule has 2 aliphatic heterocycles. The first-order chi connectivity index (χ1) is 24.0. The molecule has 0 radical (unpaired) electrons. The van der Waals surface area contributed by atoms with Gasteiger partial charge in [-0.25, -0.2) is 4.79 Å². The minimum absolute atomic E-state index is 0.00178. The second-order valence-corrected chi connectivity index (χ2v) is 21.7. The Hall–Kier alpha value is -1.72. The lowest BCUT2D eigenvalue weighted by Gasteiger charge is -2.73. The normalized spacial score (nSPS) is 42.2. The van der Waals surface area contributed by atoms with Crippen LogP contribution in [0.15, 0.2) is 24.3 Å². The SMILES string of the molecule is C=C(C)[C@@H]1CC[C@]2(CNCCCN3CCS(O)(O)CC3)CC[C@]3(C)[C@H](CC[C@@H]4[C@@]5(C)CCN(c6ccc(C(=O)O)nn6)C(C)(C)[C@@H]5CC[C@]43C)[C@@H]12. The van der Waals surface area contributed by atoms with E-state index in [0.717, 1.165) is 63.8 Å². The minimum Gasteiger partial charge on any atom is -0.476 e. The number of nitrogens with one attached hydrogen (secondary N) is 1. The molecule has 1 aromatic rings. The molecule has 2 saturated heterocycles. The van der Waals surface area contributed by atoms with E-state index in [1.54, 1.807) is 6.07 Å². The molecule has 4 N–H and O–H groups in total. The number of carboxylic acid groups (broad SMARTS) is 1. The lowest BCUT2D eigenvalue weighted by atomic mass is 9.33. The fourth-order valence-corrected chi connectivity index (χ4v) is 15.3. The second-order valence-electron chi connectivity index (χ2n) is 19.3. The quantitative estimate of drug-likeness (QED) is 0.148. The van der Waals surface area contributed by atoms with Gasteiger partial charge in [0.15, 0.2) is 11.5 Å². The van der Waals surface area contributed by atoms with Crippen molar-refractivity contribution in [2.45, 2.75) is 111 Å². The number of nitrogens with zero attached hydrogens (tertiary/aromatic N) is 4. The first kappa shape index (κ1) is 37.6. The highest BCUT2D eigenvalue weighted by molar-refractivity contribution is 8.24. The van der Waals surface area contributed by atoms with Crippen LogP contribution in [-0.4, -0.2) is 91.6 Å². The number of hydrogen-bond acceptors (Lipinski definition) is 8. The molecule has 4 saturated carbocycles. The summed E-state index contributed by atoms with van der Waals surface area (Å²) in [5.41, 5.74) is 2.48. The van der Waals surface area contributed by atoms with Crippen LogP contribution < -0.4 is 10.2 Å². The molecule has 9 nitrogen and oxygen atoms in total. The Balaban J connectivity index is 1.07. The molecule has 286 valence electrons. The number of carbonyl (C=O) groups is 1. The van der Waals surface area contributed by atoms with Crippen LogP contribution in [0.3, 0.4) is 0 Å². The first-order valence-corrected chi connectivity index (χ1v) is 22.0. The van der Waals surface area contributed by atoms with Gasteiger partial charge >= 0.3 is 5.97 Å². The molecule has 0 bridgehead atoms. The summed E-state index contributed by atoms with van der Waals surface area (Å²) in [6, 6.07) is 3.46. The third-order valence-electron chi connectivity index (χ3n) is 16.8. The van der Waals surface area contributed by atoms with Crippen molar-refractivity contribution in [1.82, 2.24) is 20.4 Å². The van der Waals surface area contributed by atoms with Crippen LogP contribution in [0.2, 0.25) is 0 Å². The third kappa shape index (κ3) is 6.09. The number of allylic oxidation sites excluding steroid dienone is 1. The van der Waals surface area contributed by atoms with Gasteiger partial charge in [-0.2, -0.15) is 10.6 Å². The highest BCUT2D eigenvalue weighted by Crippen LogP contribution is 2.76. The number of hydrogen-bond donors (Lipinski definition) is 4. The largest absolute Gasteiger partial charge is 0.476 e. The molecule has 3 heterocycles. The van der Waals surface area contributed by atoms with E-state index < -0.39 is 16.6 Å². The van der Waals surface area contributed by atoms with Gasteiger partial charge in [-0.15, -0.1) is 10.2 Å². The predicted molar refractivity (Wildman–Crippen MR) is 207 cm³/mol. The van der Waals surface area contributed by atoms with E-state index in [-0.39, 0.29) is 16.6 Å². The van der Waals surface area contributed by atoms with Gasteiger partial charge in [-0.3, -0.25) is 9.11 Å². The summed E-state index contributed by atoms with van der Waals surface area (Å²) in [4.78, 5) is 16.3. The van der Waals surface area contributed by atoms with Crippen molar-refractivity contribution < 1.29 is 19.0 Å². The summed E-state index contributed by atoms with van der Waals surface area (Å²) >= 11 is 0. The van der Waals surface area contributed by atoms with Crippen molar-refractivity contribution in [3.05, 3.63) is 30.0 Å². The van der Waals surface area contributed by atoms with Crippen LogP contribution >= 0.6 is 10.6 Å².